The number of fused-ring (bicyclic) bond motifs is 1. The van der Waals surface area contributed by atoms with E-state index in [0.717, 1.165) is 46.5 Å². The van der Waals surface area contributed by atoms with Gasteiger partial charge in [0.1, 0.15) is 17.7 Å². The van der Waals surface area contributed by atoms with Crippen LogP contribution in [0.2, 0.25) is 0 Å². The molecule has 0 spiro atoms. The van der Waals surface area contributed by atoms with Crippen molar-refractivity contribution in [2.75, 3.05) is 0 Å². The summed E-state index contributed by atoms with van der Waals surface area (Å²) >= 11 is 0. The molecule has 1 aromatic carbocycles. The van der Waals surface area contributed by atoms with E-state index in [0.29, 0.717) is 11.5 Å². The third-order valence-electron chi connectivity index (χ3n) is 6.06. The molecule has 2 aliphatic rings. The number of hydrogen-bond acceptors (Lipinski definition) is 5. The van der Waals surface area contributed by atoms with Crippen LogP contribution < -0.4 is 0 Å². The molecule has 6 heteroatoms. The molecule has 4 aromatic rings. The highest BCUT2D eigenvalue weighted by Crippen LogP contribution is 2.47. The molecule has 3 aromatic heterocycles. The Kier molecular flexibility index (Phi) is 3.99. The second-order valence-corrected chi connectivity index (χ2v) is 7.97. The molecule has 0 N–H and O–H groups in total. The molecule has 1 aliphatic carbocycles. The van der Waals surface area contributed by atoms with Crippen LogP contribution in [-0.2, 0) is 5.54 Å². The van der Waals surface area contributed by atoms with Crippen LogP contribution in [0.3, 0.4) is 0 Å². The van der Waals surface area contributed by atoms with E-state index in [1.807, 2.05) is 30.5 Å². The lowest BCUT2D eigenvalue weighted by Crippen LogP contribution is -2.26. The zero-order valence-corrected chi connectivity index (χ0v) is 16.6. The lowest BCUT2D eigenvalue weighted by atomic mass is 9.77. The van der Waals surface area contributed by atoms with Crippen LogP contribution in [0, 0.1) is 5.82 Å². The zero-order chi connectivity index (χ0) is 20.8. The van der Waals surface area contributed by atoms with Crippen molar-refractivity contribution in [3.8, 4) is 11.3 Å². The summed E-state index contributed by atoms with van der Waals surface area (Å²) in [6.45, 7) is 0. The average Bonchev–Trinajstić information content (AvgIpc) is 3.60. The summed E-state index contributed by atoms with van der Waals surface area (Å²) in [6, 6.07) is 13.2. The van der Waals surface area contributed by atoms with Crippen LogP contribution in [-0.4, -0.2) is 26.2 Å². The minimum atomic E-state index is -0.864. The summed E-state index contributed by atoms with van der Waals surface area (Å²) in [4.78, 5) is 22.3. The Labute approximate surface area is 178 Å². The van der Waals surface area contributed by atoms with E-state index in [2.05, 4.69) is 26.0 Å². The van der Waals surface area contributed by atoms with Gasteiger partial charge in [-0.3, -0.25) is 15.0 Å². The lowest BCUT2D eigenvalue weighted by Gasteiger charge is -2.30. The van der Waals surface area contributed by atoms with Crippen LogP contribution in [0.15, 0.2) is 78.6 Å². The molecule has 1 saturated carbocycles. The van der Waals surface area contributed by atoms with E-state index in [1.165, 1.54) is 12.4 Å². The van der Waals surface area contributed by atoms with Gasteiger partial charge in [0.25, 0.3) is 0 Å². The molecule has 4 heterocycles. The fourth-order valence-electron chi connectivity index (χ4n) is 4.36. The van der Waals surface area contributed by atoms with Gasteiger partial charge in [0.05, 0.1) is 5.69 Å². The van der Waals surface area contributed by atoms with E-state index in [-0.39, 0.29) is 5.82 Å². The van der Waals surface area contributed by atoms with Gasteiger partial charge in [-0.2, -0.15) is 0 Å². The second-order valence-electron chi connectivity index (χ2n) is 7.97. The fraction of sp³-hybridized carbons (Fsp3) is 0.160. The first kappa shape index (κ1) is 18.0. The number of pyridine rings is 2. The molecule has 31 heavy (non-hydrogen) atoms. The highest BCUT2D eigenvalue weighted by molar-refractivity contribution is 5.89. The maximum Gasteiger partial charge on any atom is 0.137 e. The molecule has 6 rings (SSSR count). The Morgan fingerprint density at radius 3 is 2.48 bits per heavy atom. The highest BCUT2D eigenvalue weighted by Gasteiger charge is 2.42. The van der Waals surface area contributed by atoms with Crippen molar-refractivity contribution in [3.05, 3.63) is 107 Å². The normalized spacial score (nSPS) is 19.4. The number of hydrogen-bond donors (Lipinski definition) is 0. The molecule has 1 fully saturated rings. The highest BCUT2D eigenvalue weighted by atomic mass is 19.1. The van der Waals surface area contributed by atoms with Gasteiger partial charge in [-0.05, 0) is 54.3 Å². The van der Waals surface area contributed by atoms with E-state index >= 15 is 0 Å². The topological polar surface area (TPSA) is 63.9 Å². The Bertz CT molecular complexity index is 1320. The van der Waals surface area contributed by atoms with Gasteiger partial charge in [-0.15, -0.1) is 0 Å². The van der Waals surface area contributed by atoms with Gasteiger partial charge < -0.3 is 0 Å². The Morgan fingerprint density at radius 1 is 0.903 bits per heavy atom. The van der Waals surface area contributed by atoms with Gasteiger partial charge >= 0.3 is 0 Å². The van der Waals surface area contributed by atoms with E-state index in [1.54, 1.807) is 30.9 Å². The van der Waals surface area contributed by atoms with Gasteiger partial charge in [-0.1, -0.05) is 12.1 Å². The van der Waals surface area contributed by atoms with Gasteiger partial charge in [0.15, 0.2) is 0 Å². The van der Waals surface area contributed by atoms with Crippen molar-refractivity contribution in [2.45, 2.75) is 24.3 Å². The fourth-order valence-corrected chi connectivity index (χ4v) is 4.36. The molecular weight excluding hydrogens is 389 g/mol. The second kappa shape index (κ2) is 6.87. The lowest BCUT2D eigenvalue weighted by molar-refractivity contribution is 0.615. The molecule has 1 atom stereocenters. The number of halogens is 1. The SMILES string of the molecule is Fc1cccc2c1C=NC2(c1ccnc(-c2cncnc2)c1)c1ccnc(C2CC2)c1. The first-order valence-corrected chi connectivity index (χ1v) is 10.3. The van der Waals surface area contributed by atoms with Crippen molar-refractivity contribution in [2.24, 2.45) is 4.99 Å². The Balaban J connectivity index is 1.60. The molecule has 1 unspecified atom stereocenters. The minimum Gasteiger partial charge on any atom is -0.271 e. The number of rotatable bonds is 4. The van der Waals surface area contributed by atoms with Crippen molar-refractivity contribution >= 4 is 6.21 Å². The summed E-state index contributed by atoms with van der Waals surface area (Å²) in [5.74, 6) is 0.231. The smallest absolute Gasteiger partial charge is 0.137 e. The van der Waals surface area contributed by atoms with E-state index < -0.39 is 5.54 Å². The first-order valence-electron chi connectivity index (χ1n) is 10.3. The monoisotopic (exact) mass is 407 g/mol. The number of nitrogens with zero attached hydrogens (tertiary/aromatic N) is 5. The number of benzene rings is 1. The summed E-state index contributed by atoms with van der Waals surface area (Å²) in [5.41, 5.74) is 5.00. The van der Waals surface area contributed by atoms with E-state index in [9.17, 15) is 4.39 Å². The summed E-state index contributed by atoms with van der Waals surface area (Å²) in [7, 11) is 0. The largest absolute Gasteiger partial charge is 0.271 e. The van der Waals surface area contributed by atoms with Crippen LogP contribution in [0.25, 0.3) is 11.3 Å². The van der Waals surface area contributed by atoms with Gasteiger partial charge in [0.2, 0.25) is 0 Å². The molecule has 0 radical (unpaired) electrons. The Morgan fingerprint density at radius 2 is 1.68 bits per heavy atom. The van der Waals surface area contributed by atoms with E-state index in [4.69, 9.17) is 4.99 Å². The number of aromatic nitrogens is 4. The molecule has 0 amide bonds. The van der Waals surface area contributed by atoms with Gasteiger partial charge in [-0.25, -0.2) is 14.4 Å². The summed E-state index contributed by atoms with van der Waals surface area (Å²) < 4.78 is 14.7. The zero-order valence-electron chi connectivity index (χ0n) is 16.6. The quantitative estimate of drug-likeness (QED) is 0.493. The standard InChI is InChI=1S/C25H18FN5/c26-22-3-1-2-21-20(22)14-31-25(21,18-6-8-29-23(10-18)16-4-5-16)19-7-9-30-24(11-19)17-12-27-15-28-13-17/h1-3,6-16H,4-5H2. The maximum absolute atomic E-state index is 14.7. The Hall–Kier alpha value is -3.80. The molecular formula is C25H18FN5. The molecule has 150 valence electrons. The molecule has 0 bridgehead atoms. The first-order chi connectivity index (χ1) is 15.3. The van der Waals surface area contributed by atoms with Crippen LogP contribution in [0.1, 0.15) is 46.7 Å². The van der Waals surface area contributed by atoms with Crippen LogP contribution >= 0.6 is 0 Å². The maximum atomic E-state index is 14.7. The summed E-state index contributed by atoms with van der Waals surface area (Å²) in [5, 5.41) is 0. The third-order valence-corrected chi connectivity index (χ3v) is 6.06. The molecule has 1 aliphatic heterocycles. The minimum absolute atomic E-state index is 0.273. The van der Waals surface area contributed by atoms with Crippen molar-refractivity contribution in [3.63, 3.8) is 0 Å². The molecule has 0 saturated heterocycles. The average molecular weight is 407 g/mol. The summed E-state index contributed by atoms with van der Waals surface area (Å²) in [6.07, 6.45) is 12.5. The van der Waals surface area contributed by atoms with Gasteiger partial charge in [0, 0.05) is 59.3 Å². The predicted octanol–water partition coefficient (Wildman–Crippen LogP) is 4.67. The van der Waals surface area contributed by atoms with Crippen LogP contribution in [0.4, 0.5) is 4.39 Å². The van der Waals surface area contributed by atoms with Crippen molar-refractivity contribution in [1.82, 2.24) is 19.9 Å². The third kappa shape index (κ3) is 2.86. The van der Waals surface area contributed by atoms with Crippen LogP contribution in [0.5, 0.6) is 0 Å². The van der Waals surface area contributed by atoms with Crippen molar-refractivity contribution < 1.29 is 4.39 Å². The predicted molar refractivity (Wildman–Crippen MR) is 115 cm³/mol. The van der Waals surface area contributed by atoms with Crippen molar-refractivity contribution in [1.29, 1.82) is 0 Å². The molecule has 5 nitrogen and oxygen atoms in total. The number of aliphatic imine (C=N–C) groups is 1.